The average Bonchev–Trinajstić information content (AvgIpc) is 2.58. The summed E-state index contributed by atoms with van der Waals surface area (Å²) in [7, 11) is -6.10. The Balaban J connectivity index is 0.000000867. The van der Waals surface area contributed by atoms with Gasteiger partial charge >= 0.3 is 21.3 Å². The Bertz CT molecular complexity index is 542. The van der Waals surface area contributed by atoms with Gasteiger partial charge in [0.25, 0.3) is 0 Å². The van der Waals surface area contributed by atoms with E-state index < -0.39 is 27.7 Å². The summed E-state index contributed by atoms with van der Waals surface area (Å²) in [6.45, 7) is 2.07. The van der Waals surface area contributed by atoms with Crippen LogP contribution in [0.1, 0.15) is 64.7 Å². The Labute approximate surface area is 152 Å². The molecule has 1 heterocycles. The van der Waals surface area contributed by atoms with Gasteiger partial charge in [-0.15, -0.1) is 0 Å². The molecule has 0 aliphatic carbocycles. The fourth-order valence-corrected chi connectivity index (χ4v) is 2.61. The fraction of sp³-hybridized carbons (Fsp3) is 0.706. The minimum absolute atomic E-state index is 0.202. The molecule has 0 saturated carbocycles. The smallest absolute Gasteiger partial charge is 0.281 e. The molecule has 1 aromatic heterocycles. The number of aromatic nitrogens is 1. The zero-order valence-corrected chi connectivity index (χ0v) is 15.7. The molecule has 0 unspecified atom stereocenters. The molecule has 1 aromatic rings. The van der Waals surface area contributed by atoms with Crippen LogP contribution >= 0.6 is 0 Å². The van der Waals surface area contributed by atoms with E-state index in [2.05, 4.69) is 11.9 Å². The number of hydrogen-bond acceptors (Lipinski definition) is 3. The van der Waals surface area contributed by atoms with E-state index in [9.17, 15) is 26.0 Å². The Hall–Kier alpha value is -1.22. The number of halogens is 4. The first-order valence-electron chi connectivity index (χ1n) is 8.64. The molecule has 152 valence electrons. The summed E-state index contributed by atoms with van der Waals surface area (Å²) in [5, 5.41) is -5.43. The van der Waals surface area contributed by atoms with Crippen LogP contribution in [-0.2, 0) is 10.1 Å². The molecule has 0 saturated heterocycles. The zero-order chi connectivity index (χ0) is 20.1. The van der Waals surface area contributed by atoms with Crippen LogP contribution in [0.5, 0.6) is 0 Å². The van der Waals surface area contributed by atoms with E-state index in [-0.39, 0.29) is 6.42 Å². The minimum Gasteiger partial charge on any atom is -0.281 e. The van der Waals surface area contributed by atoms with E-state index in [1.165, 1.54) is 0 Å². The van der Waals surface area contributed by atoms with Gasteiger partial charge in [0.05, 0.1) is 0 Å². The second kappa shape index (κ2) is 12.2. The first-order valence-corrected chi connectivity index (χ1v) is 10.1. The maximum Gasteiger partial charge on any atom is 0.431 e. The lowest BCUT2D eigenvalue weighted by Crippen LogP contribution is -2.46. The first-order chi connectivity index (χ1) is 12.1. The largest absolute Gasteiger partial charge is 0.431 e. The van der Waals surface area contributed by atoms with Gasteiger partial charge in [-0.3, -0.25) is 9.54 Å². The summed E-state index contributed by atoms with van der Waals surface area (Å²) in [4.78, 5) is 3.78. The molecule has 0 atom stereocenters. The van der Waals surface area contributed by atoms with Crippen LogP contribution in [0.3, 0.4) is 0 Å². The number of unbranched alkanes of at least 4 members (excludes halogenated alkanes) is 7. The van der Waals surface area contributed by atoms with E-state index in [4.69, 9.17) is 4.55 Å². The van der Waals surface area contributed by atoms with Gasteiger partial charge in [0.2, 0.25) is 0 Å². The zero-order valence-electron chi connectivity index (χ0n) is 14.9. The third-order valence-corrected chi connectivity index (χ3v) is 4.61. The lowest BCUT2D eigenvalue weighted by atomic mass is 10.1. The second-order valence-corrected chi connectivity index (χ2v) is 7.41. The van der Waals surface area contributed by atoms with Crippen molar-refractivity contribution in [2.75, 3.05) is 0 Å². The van der Waals surface area contributed by atoms with Crippen molar-refractivity contribution >= 4 is 10.1 Å². The Kier molecular flexibility index (Phi) is 11.6. The molecule has 9 heteroatoms. The molecule has 1 rings (SSSR count). The summed E-state index contributed by atoms with van der Waals surface area (Å²) in [5.74, 6) is -4.75. The van der Waals surface area contributed by atoms with Crippen molar-refractivity contribution in [3.05, 3.63) is 30.6 Å². The van der Waals surface area contributed by atoms with Gasteiger partial charge in [-0.25, -0.2) is 0 Å². The van der Waals surface area contributed by atoms with Gasteiger partial charge in [0.1, 0.15) is 0 Å². The van der Waals surface area contributed by atoms with Crippen molar-refractivity contribution in [3.8, 4) is 0 Å². The molecule has 0 aromatic carbocycles. The lowest BCUT2D eigenvalue weighted by molar-refractivity contribution is -0.164. The number of rotatable bonds is 11. The highest BCUT2D eigenvalue weighted by atomic mass is 32.2. The third kappa shape index (κ3) is 9.47. The maximum absolute atomic E-state index is 13.1. The molecule has 0 aliphatic rings. The van der Waals surface area contributed by atoms with E-state index in [0.29, 0.717) is 12.8 Å². The highest BCUT2D eigenvalue weighted by Gasteiger charge is 2.64. The van der Waals surface area contributed by atoms with Gasteiger partial charge in [-0.1, -0.05) is 57.9 Å². The van der Waals surface area contributed by atoms with Crippen LogP contribution in [0, 0.1) is 0 Å². The monoisotopic (exact) mass is 401 g/mol. The summed E-state index contributed by atoms with van der Waals surface area (Å²) in [5.41, 5.74) is 0. The SMILES string of the molecule is CCCCCCCCCCC(F)(F)C(F)(F)S(=O)(=O)O.c1ccncc1. The van der Waals surface area contributed by atoms with Gasteiger partial charge in [-0.05, 0) is 18.6 Å². The predicted molar refractivity (Wildman–Crippen MR) is 92.9 cm³/mol. The Morgan fingerprint density at radius 2 is 1.31 bits per heavy atom. The number of hydrogen-bond donors (Lipinski definition) is 1. The molecule has 1 N–H and O–H groups in total. The van der Waals surface area contributed by atoms with Crippen molar-refractivity contribution in [3.63, 3.8) is 0 Å². The molecule has 26 heavy (non-hydrogen) atoms. The van der Waals surface area contributed by atoms with Gasteiger partial charge < -0.3 is 0 Å². The predicted octanol–water partition coefficient (Wildman–Crippen LogP) is 5.71. The molecule has 0 radical (unpaired) electrons. The van der Waals surface area contributed by atoms with Crippen LogP contribution < -0.4 is 0 Å². The number of pyridine rings is 1. The van der Waals surface area contributed by atoms with Crippen LogP contribution in [0.4, 0.5) is 17.6 Å². The van der Waals surface area contributed by atoms with Crippen molar-refractivity contribution in [1.82, 2.24) is 4.98 Å². The molecule has 0 amide bonds. The quantitative estimate of drug-likeness (QED) is 0.293. The highest BCUT2D eigenvalue weighted by molar-refractivity contribution is 7.87. The third-order valence-electron chi connectivity index (χ3n) is 3.66. The average molecular weight is 401 g/mol. The molecular formula is C17H27F4NO3S. The van der Waals surface area contributed by atoms with Crippen LogP contribution in [0.25, 0.3) is 0 Å². The summed E-state index contributed by atoms with van der Waals surface area (Å²) >= 11 is 0. The molecule has 0 spiro atoms. The molecular weight excluding hydrogens is 374 g/mol. The van der Waals surface area contributed by atoms with Gasteiger partial charge in [0.15, 0.2) is 0 Å². The van der Waals surface area contributed by atoms with E-state index >= 15 is 0 Å². The van der Waals surface area contributed by atoms with Crippen LogP contribution in [0.15, 0.2) is 30.6 Å². The summed E-state index contributed by atoms with van der Waals surface area (Å²) in [6, 6.07) is 5.72. The topological polar surface area (TPSA) is 67.3 Å². The molecule has 0 bridgehead atoms. The standard InChI is InChI=1S/C12H22F4O3S.C5H5N/c1-2-3-4-5-6-7-8-9-10-11(13,14)12(15,16)20(17,18)19;1-2-4-6-5-3-1/h2-10H2,1H3,(H,17,18,19);1-5H. The van der Waals surface area contributed by atoms with E-state index in [0.717, 1.165) is 32.1 Å². The lowest BCUT2D eigenvalue weighted by Gasteiger charge is -2.23. The molecule has 0 fully saturated rings. The van der Waals surface area contributed by atoms with Crippen LogP contribution in [-0.4, -0.2) is 29.1 Å². The Morgan fingerprint density at radius 1 is 0.846 bits per heavy atom. The molecule has 0 aliphatic heterocycles. The summed E-state index contributed by atoms with van der Waals surface area (Å²) < 4.78 is 80.5. The van der Waals surface area contributed by atoms with E-state index in [1.54, 1.807) is 12.4 Å². The minimum atomic E-state index is -6.10. The van der Waals surface area contributed by atoms with Crippen molar-refractivity contribution in [1.29, 1.82) is 0 Å². The van der Waals surface area contributed by atoms with E-state index in [1.807, 2.05) is 18.2 Å². The fourth-order valence-electron chi connectivity index (χ4n) is 2.13. The van der Waals surface area contributed by atoms with Crippen molar-refractivity contribution in [2.24, 2.45) is 0 Å². The van der Waals surface area contributed by atoms with Crippen molar-refractivity contribution in [2.45, 2.75) is 75.9 Å². The number of alkyl halides is 4. The normalized spacial score (nSPS) is 12.4. The van der Waals surface area contributed by atoms with Crippen molar-refractivity contribution < 1.29 is 30.5 Å². The Morgan fingerprint density at radius 3 is 1.65 bits per heavy atom. The summed E-state index contributed by atoms with van der Waals surface area (Å²) in [6.07, 6.45) is 8.12. The van der Waals surface area contributed by atoms with Crippen LogP contribution in [0.2, 0.25) is 0 Å². The van der Waals surface area contributed by atoms with Gasteiger partial charge in [0, 0.05) is 18.8 Å². The second-order valence-electron chi connectivity index (χ2n) is 5.95. The number of nitrogens with zero attached hydrogens (tertiary/aromatic N) is 1. The van der Waals surface area contributed by atoms with Gasteiger partial charge in [-0.2, -0.15) is 26.0 Å². The maximum atomic E-state index is 13.1. The first kappa shape index (κ1) is 24.8. The molecule has 4 nitrogen and oxygen atoms in total. The highest BCUT2D eigenvalue weighted by Crippen LogP contribution is 2.41.